The van der Waals surface area contributed by atoms with Crippen molar-refractivity contribution in [1.82, 2.24) is 4.90 Å². The molecule has 3 unspecified atom stereocenters. The molecule has 2 aliphatic rings. The Balaban J connectivity index is 2.46. The molecule has 2 N–H and O–H groups in total. The molecule has 1 fully saturated rings. The molecule has 4 nitrogen and oxygen atoms in total. The minimum absolute atomic E-state index is 0.387. The lowest BCUT2D eigenvalue weighted by atomic mass is 9.79. The van der Waals surface area contributed by atoms with E-state index in [0.29, 0.717) is 18.0 Å². The fourth-order valence-electron chi connectivity index (χ4n) is 3.31. The average Bonchev–Trinajstić information content (AvgIpc) is 2.50. The van der Waals surface area contributed by atoms with Crippen LogP contribution in [0.2, 0.25) is 0 Å². The Kier molecular flexibility index (Phi) is 2.80. The molecule has 0 amide bonds. The fourth-order valence-corrected chi connectivity index (χ4v) is 3.31. The maximum absolute atomic E-state index is 11.3. The number of carboxylic acids is 1. The van der Waals surface area contributed by atoms with Crippen LogP contribution < -0.4 is 0 Å². The van der Waals surface area contributed by atoms with Crippen molar-refractivity contribution < 1.29 is 15.0 Å². The lowest BCUT2D eigenvalue weighted by molar-refractivity contribution is -0.135. The van der Waals surface area contributed by atoms with Gasteiger partial charge in [-0.1, -0.05) is 13.0 Å². The Labute approximate surface area is 95.6 Å². The number of hydrogen-bond acceptors (Lipinski definition) is 3. The molecule has 0 radical (unpaired) electrons. The van der Waals surface area contributed by atoms with Crippen LogP contribution in [0.4, 0.5) is 0 Å². The standard InChI is InChI=1S/C12H19NO3/c1-3-10(14)12-7-6-8(13(12)2)4-5-9(12)11(15)16/h5,8,10,14H,3-4,6-7H2,1-2H3,(H,15,16). The smallest absolute Gasteiger partial charge is 0.333 e. The average molecular weight is 225 g/mol. The molecule has 0 aromatic rings. The molecule has 0 aromatic heterocycles. The highest BCUT2D eigenvalue weighted by molar-refractivity contribution is 5.90. The molecule has 2 heterocycles. The predicted molar refractivity (Wildman–Crippen MR) is 60.1 cm³/mol. The molecule has 3 atom stereocenters. The third-order valence-electron chi connectivity index (χ3n) is 4.26. The van der Waals surface area contributed by atoms with Gasteiger partial charge in [-0.15, -0.1) is 0 Å². The molecule has 4 heteroatoms. The molecule has 2 bridgehead atoms. The van der Waals surface area contributed by atoms with E-state index in [1.165, 1.54) is 0 Å². The van der Waals surface area contributed by atoms with Crippen LogP contribution in [-0.4, -0.2) is 45.8 Å². The van der Waals surface area contributed by atoms with Crippen LogP contribution in [0, 0.1) is 0 Å². The van der Waals surface area contributed by atoms with Gasteiger partial charge in [-0.2, -0.15) is 0 Å². The maximum Gasteiger partial charge on any atom is 0.333 e. The van der Waals surface area contributed by atoms with Crippen molar-refractivity contribution in [3.05, 3.63) is 11.6 Å². The van der Waals surface area contributed by atoms with Crippen LogP contribution in [0.3, 0.4) is 0 Å². The molecule has 16 heavy (non-hydrogen) atoms. The molecular weight excluding hydrogens is 206 g/mol. The fraction of sp³-hybridized carbons (Fsp3) is 0.750. The van der Waals surface area contributed by atoms with Crippen LogP contribution in [0.1, 0.15) is 32.6 Å². The first kappa shape index (κ1) is 11.6. The largest absolute Gasteiger partial charge is 0.478 e. The first-order valence-electron chi connectivity index (χ1n) is 5.89. The van der Waals surface area contributed by atoms with Crippen LogP contribution >= 0.6 is 0 Å². The van der Waals surface area contributed by atoms with E-state index in [-0.39, 0.29) is 0 Å². The molecule has 1 saturated heterocycles. The predicted octanol–water partition coefficient (Wildman–Crippen LogP) is 1.00. The van der Waals surface area contributed by atoms with Crippen molar-refractivity contribution >= 4 is 5.97 Å². The minimum atomic E-state index is -0.889. The highest BCUT2D eigenvalue weighted by Crippen LogP contribution is 2.46. The monoisotopic (exact) mass is 225 g/mol. The normalized spacial score (nSPS) is 35.9. The molecule has 2 aliphatic heterocycles. The second-order valence-corrected chi connectivity index (χ2v) is 4.81. The Bertz CT molecular complexity index is 339. The molecule has 0 aliphatic carbocycles. The van der Waals surface area contributed by atoms with E-state index in [2.05, 4.69) is 4.90 Å². The molecule has 0 saturated carbocycles. The number of carboxylic acid groups (broad SMARTS) is 1. The van der Waals surface area contributed by atoms with E-state index in [0.717, 1.165) is 19.3 Å². The molecule has 0 spiro atoms. The zero-order chi connectivity index (χ0) is 11.9. The van der Waals surface area contributed by atoms with Gasteiger partial charge in [-0.3, -0.25) is 4.90 Å². The molecule has 0 aromatic carbocycles. The summed E-state index contributed by atoms with van der Waals surface area (Å²) < 4.78 is 0. The summed E-state index contributed by atoms with van der Waals surface area (Å²) in [6.07, 6.45) is 4.31. The number of nitrogens with zero attached hydrogens (tertiary/aromatic N) is 1. The summed E-state index contributed by atoms with van der Waals surface area (Å²) in [6.45, 7) is 1.90. The number of rotatable bonds is 3. The Morgan fingerprint density at radius 2 is 2.44 bits per heavy atom. The third kappa shape index (κ3) is 1.33. The van der Waals surface area contributed by atoms with E-state index in [1.807, 2.05) is 14.0 Å². The van der Waals surface area contributed by atoms with Crippen molar-refractivity contribution in [2.45, 2.75) is 50.3 Å². The van der Waals surface area contributed by atoms with Crippen molar-refractivity contribution in [3.63, 3.8) is 0 Å². The van der Waals surface area contributed by atoms with Crippen molar-refractivity contribution in [3.8, 4) is 0 Å². The van der Waals surface area contributed by atoms with Crippen LogP contribution in [0.5, 0.6) is 0 Å². The quantitative estimate of drug-likeness (QED) is 0.752. The van der Waals surface area contributed by atoms with Gasteiger partial charge < -0.3 is 10.2 Å². The minimum Gasteiger partial charge on any atom is -0.478 e. The van der Waals surface area contributed by atoms with Crippen molar-refractivity contribution in [2.75, 3.05) is 7.05 Å². The Morgan fingerprint density at radius 3 is 3.00 bits per heavy atom. The summed E-state index contributed by atoms with van der Waals surface area (Å²) in [5, 5.41) is 19.5. The summed E-state index contributed by atoms with van der Waals surface area (Å²) >= 11 is 0. The van der Waals surface area contributed by atoms with E-state index >= 15 is 0 Å². The number of likely N-dealkylation sites (N-methyl/N-ethyl adjacent to an activating group) is 1. The number of carbonyl (C=O) groups is 1. The van der Waals surface area contributed by atoms with Gasteiger partial charge in [0, 0.05) is 6.04 Å². The van der Waals surface area contributed by atoms with Gasteiger partial charge in [0.2, 0.25) is 0 Å². The zero-order valence-corrected chi connectivity index (χ0v) is 9.81. The number of fused-ring (bicyclic) bond motifs is 2. The summed E-state index contributed by atoms with van der Waals surface area (Å²) in [7, 11) is 1.94. The van der Waals surface area contributed by atoms with Crippen LogP contribution in [0.15, 0.2) is 11.6 Å². The van der Waals surface area contributed by atoms with E-state index in [1.54, 1.807) is 6.08 Å². The summed E-state index contributed by atoms with van der Waals surface area (Å²) in [6, 6.07) is 0.393. The maximum atomic E-state index is 11.3. The molecular formula is C12H19NO3. The topological polar surface area (TPSA) is 60.8 Å². The van der Waals surface area contributed by atoms with E-state index in [9.17, 15) is 15.0 Å². The highest BCUT2D eigenvalue weighted by Gasteiger charge is 2.54. The lowest BCUT2D eigenvalue weighted by Gasteiger charge is -2.44. The van der Waals surface area contributed by atoms with Gasteiger partial charge in [0.15, 0.2) is 0 Å². The first-order valence-corrected chi connectivity index (χ1v) is 5.89. The van der Waals surface area contributed by atoms with Gasteiger partial charge in [-0.25, -0.2) is 4.79 Å². The second kappa shape index (κ2) is 3.86. The summed E-state index contributed by atoms with van der Waals surface area (Å²) in [5.74, 6) is -0.889. The van der Waals surface area contributed by atoms with Crippen LogP contribution in [-0.2, 0) is 4.79 Å². The van der Waals surface area contributed by atoms with Crippen molar-refractivity contribution in [1.29, 1.82) is 0 Å². The third-order valence-corrected chi connectivity index (χ3v) is 4.26. The van der Waals surface area contributed by atoms with Gasteiger partial charge in [0.1, 0.15) is 0 Å². The highest BCUT2D eigenvalue weighted by atomic mass is 16.4. The molecule has 2 rings (SSSR count). The summed E-state index contributed by atoms with van der Waals surface area (Å²) in [4.78, 5) is 13.4. The van der Waals surface area contributed by atoms with Gasteiger partial charge in [-0.05, 0) is 32.7 Å². The van der Waals surface area contributed by atoms with E-state index < -0.39 is 17.6 Å². The van der Waals surface area contributed by atoms with Gasteiger partial charge >= 0.3 is 5.97 Å². The summed E-state index contributed by atoms with van der Waals surface area (Å²) in [5.41, 5.74) is -0.262. The van der Waals surface area contributed by atoms with Gasteiger partial charge in [0.25, 0.3) is 0 Å². The lowest BCUT2D eigenvalue weighted by Crippen LogP contribution is -2.57. The number of hydrogen-bond donors (Lipinski definition) is 2. The Hall–Kier alpha value is -0.870. The van der Waals surface area contributed by atoms with Gasteiger partial charge in [0.05, 0.1) is 17.2 Å². The number of aliphatic hydroxyl groups is 1. The Morgan fingerprint density at radius 1 is 1.75 bits per heavy atom. The number of aliphatic carboxylic acids is 1. The molecule has 90 valence electrons. The zero-order valence-electron chi connectivity index (χ0n) is 9.81. The van der Waals surface area contributed by atoms with Crippen molar-refractivity contribution in [2.24, 2.45) is 0 Å². The number of aliphatic hydroxyl groups excluding tert-OH is 1. The van der Waals surface area contributed by atoms with Crippen LogP contribution in [0.25, 0.3) is 0 Å². The van der Waals surface area contributed by atoms with E-state index in [4.69, 9.17) is 0 Å². The second-order valence-electron chi connectivity index (χ2n) is 4.81. The SMILES string of the molecule is CCC(O)C12CCC(CC=C1C(=O)O)N2C. The first-order chi connectivity index (χ1) is 7.54.